The minimum Gasteiger partial charge on any atom is -0.0905 e. The molecule has 0 aliphatic heterocycles. The zero-order valence-electron chi connectivity index (χ0n) is 15.2. The van der Waals surface area contributed by atoms with Crippen LogP contribution in [0.15, 0.2) is 55.1 Å². The molecular weight excluding hydrogens is 403 g/mol. The first-order chi connectivity index (χ1) is 11.1. The Morgan fingerprint density at radius 3 is 1.92 bits per heavy atom. The van der Waals surface area contributed by atoms with Crippen molar-refractivity contribution >= 4 is 28.2 Å². The monoisotopic (exact) mass is 428 g/mol. The molecule has 124 valence electrons. The van der Waals surface area contributed by atoms with Gasteiger partial charge in [0.25, 0.3) is 0 Å². The molecule has 0 nitrogen and oxygen atoms in total. The molecule has 0 saturated heterocycles. The lowest BCUT2D eigenvalue weighted by Crippen LogP contribution is -2.29. The maximum absolute atomic E-state index is 4.40. The van der Waals surface area contributed by atoms with Gasteiger partial charge in [-0.2, -0.15) is 0 Å². The number of fused-ring (bicyclic) bond motifs is 1. The van der Waals surface area contributed by atoms with Gasteiger partial charge in [-0.1, -0.05) is 64.6 Å². The zero-order chi connectivity index (χ0) is 17.7. The van der Waals surface area contributed by atoms with Crippen LogP contribution in [0.5, 0.6) is 0 Å². The smallest absolute Gasteiger partial charge is 0.0130 e. The van der Waals surface area contributed by atoms with E-state index in [1.807, 2.05) is 0 Å². The highest BCUT2D eigenvalue weighted by molar-refractivity contribution is 14.1. The van der Waals surface area contributed by atoms with E-state index in [9.17, 15) is 0 Å². The topological polar surface area (TPSA) is 0 Å². The van der Waals surface area contributed by atoms with Gasteiger partial charge in [0.05, 0.1) is 0 Å². The molecule has 0 saturated carbocycles. The molecule has 0 unspecified atom stereocenters. The van der Waals surface area contributed by atoms with Gasteiger partial charge in [-0.05, 0) is 81.1 Å². The number of hydrogen-bond donors (Lipinski definition) is 0. The summed E-state index contributed by atoms with van der Waals surface area (Å²) in [6, 6.07) is 13.4. The molecule has 0 fully saturated rings. The van der Waals surface area contributed by atoms with Crippen molar-refractivity contribution in [2.75, 3.05) is 0 Å². The minimum absolute atomic E-state index is 0.0552. The van der Waals surface area contributed by atoms with Crippen LogP contribution in [0.1, 0.15) is 55.5 Å². The van der Waals surface area contributed by atoms with E-state index in [-0.39, 0.29) is 10.8 Å². The summed E-state index contributed by atoms with van der Waals surface area (Å²) in [7, 11) is 0. The van der Waals surface area contributed by atoms with E-state index in [0.29, 0.717) is 0 Å². The molecular formula is C23H25I. The molecule has 0 aromatic heterocycles. The van der Waals surface area contributed by atoms with Crippen LogP contribution in [-0.4, -0.2) is 0 Å². The Bertz CT molecular complexity index is 833. The van der Waals surface area contributed by atoms with Gasteiger partial charge in [0, 0.05) is 14.4 Å². The van der Waals surface area contributed by atoms with Gasteiger partial charge in [0.15, 0.2) is 0 Å². The lowest BCUT2D eigenvalue weighted by Gasteiger charge is -2.37. The zero-order valence-corrected chi connectivity index (χ0v) is 17.4. The summed E-state index contributed by atoms with van der Waals surface area (Å²) in [5, 5.41) is 0. The van der Waals surface area contributed by atoms with Crippen LogP contribution in [0, 0.1) is 10.5 Å². The molecule has 0 amide bonds. The second kappa shape index (κ2) is 5.87. The van der Waals surface area contributed by atoms with Crippen molar-refractivity contribution < 1.29 is 0 Å². The molecule has 3 rings (SSSR count). The molecule has 24 heavy (non-hydrogen) atoms. The van der Waals surface area contributed by atoms with Gasteiger partial charge in [-0.3, -0.25) is 0 Å². The van der Waals surface area contributed by atoms with E-state index < -0.39 is 0 Å². The van der Waals surface area contributed by atoms with Crippen molar-refractivity contribution in [2.24, 2.45) is 0 Å². The Morgan fingerprint density at radius 2 is 1.38 bits per heavy atom. The molecule has 2 aromatic rings. The van der Waals surface area contributed by atoms with E-state index in [1.165, 1.54) is 31.4 Å². The van der Waals surface area contributed by atoms with E-state index in [1.54, 1.807) is 0 Å². The van der Waals surface area contributed by atoms with Crippen LogP contribution in [-0.2, 0) is 10.8 Å². The van der Waals surface area contributed by atoms with Crippen molar-refractivity contribution in [3.8, 4) is 0 Å². The van der Waals surface area contributed by atoms with Gasteiger partial charge < -0.3 is 0 Å². The van der Waals surface area contributed by atoms with Crippen molar-refractivity contribution in [2.45, 2.75) is 45.4 Å². The third-order valence-electron chi connectivity index (χ3n) is 5.19. The predicted molar refractivity (Wildman–Crippen MR) is 114 cm³/mol. The lowest BCUT2D eigenvalue weighted by atomic mass is 9.67. The van der Waals surface area contributed by atoms with E-state index >= 15 is 0 Å². The quantitative estimate of drug-likeness (QED) is 0.365. The molecule has 0 spiro atoms. The van der Waals surface area contributed by atoms with Crippen LogP contribution in [0.25, 0.3) is 5.57 Å². The van der Waals surface area contributed by atoms with Crippen LogP contribution >= 0.6 is 22.6 Å². The van der Waals surface area contributed by atoms with Crippen molar-refractivity contribution in [1.82, 2.24) is 0 Å². The first kappa shape index (κ1) is 17.5. The van der Waals surface area contributed by atoms with E-state index in [0.717, 1.165) is 5.57 Å². The number of halogens is 1. The summed E-state index contributed by atoms with van der Waals surface area (Å²) in [5.74, 6) is 0. The van der Waals surface area contributed by atoms with Gasteiger partial charge >= 0.3 is 0 Å². The Kier molecular flexibility index (Phi) is 4.28. The van der Waals surface area contributed by atoms with Crippen LogP contribution in [0.2, 0.25) is 0 Å². The molecule has 0 heterocycles. The van der Waals surface area contributed by atoms with Crippen molar-refractivity contribution in [1.29, 1.82) is 0 Å². The summed E-state index contributed by atoms with van der Waals surface area (Å²) >= 11 is 2.34. The molecule has 0 atom stereocenters. The van der Waals surface area contributed by atoms with Gasteiger partial charge in [0.1, 0.15) is 0 Å². The van der Waals surface area contributed by atoms with Crippen molar-refractivity contribution in [3.63, 3.8) is 0 Å². The number of benzene rings is 2. The second-order valence-corrected chi connectivity index (χ2v) is 9.22. The van der Waals surface area contributed by atoms with Crippen LogP contribution in [0.4, 0.5) is 0 Å². The maximum Gasteiger partial charge on any atom is 0.0130 e. The number of allylic oxidation sites excluding steroid dienone is 2. The number of rotatable bonds is 2. The van der Waals surface area contributed by atoms with Gasteiger partial charge in [-0.25, -0.2) is 0 Å². The Hall–Kier alpha value is -1.35. The fourth-order valence-electron chi connectivity index (χ4n) is 3.50. The lowest BCUT2D eigenvalue weighted by molar-refractivity contribution is 0.562. The summed E-state index contributed by atoms with van der Waals surface area (Å²) in [4.78, 5) is 0. The molecule has 0 radical (unpaired) electrons. The fraction of sp³-hybridized carbons (Fsp3) is 0.304. The number of hydrogen-bond acceptors (Lipinski definition) is 0. The molecule has 2 aromatic carbocycles. The first-order valence-corrected chi connectivity index (χ1v) is 9.51. The maximum atomic E-state index is 4.40. The molecule has 1 aliphatic rings. The Labute approximate surface area is 159 Å². The standard InChI is InChI=1S/C23H25I/c1-15-13-20-21(23(5,6)12-11-22(20,3)4)14-19(15)16(2)17-7-9-18(24)10-8-17/h7-14H,2H2,1,3-6H3. The summed E-state index contributed by atoms with van der Waals surface area (Å²) < 4.78 is 1.25. The summed E-state index contributed by atoms with van der Waals surface area (Å²) in [6.45, 7) is 15.8. The van der Waals surface area contributed by atoms with Crippen molar-refractivity contribution in [3.05, 3.63) is 86.5 Å². The third-order valence-corrected chi connectivity index (χ3v) is 5.91. The Balaban J connectivity index is 2.15. The minimum atomic E-state index is 0.0552. The highest BCUT2D eigenvalue weighted by atomic mass is 127. The normalized spacial score (nSPS) is 17.4. The van der Waals surface area contributed by atoms with Gasteiger partial charge in [-0.15, -0.1) is 0 Å². The van der Waals surface area contributed by atoms with Crippen LogP contribution in [0.3, 0.4) is 0 Å². The molecule has 0 N–H and O–H groups in total. The first-order valence-electron chi connectivity index (χ1n) is 8.43. The van der Waals surface area contributed by atoms with E-state index in [2.05, 4.69) is 112 Å². The molecule has 1 heteroatoms. The fourth-order valence-corrected chi connectivity index (χ4v) is 3.86. The third kappa shape index (κ3) is 2.99. The van der Waals surface area contributed by atoms with Gasteiger partial charge in [0.2, 0.25) is 0 Å². The van der Waals surface area contributed by atoms with Crippen LogP contribution < -0.4 is 0 Å². The molecule has 1 aliphatic carbocycles. The largest absolute Gasteiger partial charge is 0.0905 e. The summed E-state index contributed by atoms with van der Waals surface area (Å²) in [5.41, 5.74) is 7.86. The SMILES string of the molecule is C=C(c1ccc(I)cc1)c1cc2c(cc1C)C(C)(C)C=CC2(C)C. The average molecular weight is 428 g/mol. The second-order valence-electron chi connectivity index (χ2n) is 7.97. The predicted octanol–water partition coefficient (Wildman–Crippen LogP) is 6.79. The van der Waals surface area contributed by atoms with E-state index in [4.69, 9.17) is 0 Å². The number of aryl methyl sites for hydroxylation is 1. The Morgan fingerprint density at radius 1 is 0.875 bits per heavy atom. The highest BCUT2D eigenvalue weighted by Gasteiger charge is 2.33. The molecule has 0 bridgehead atoms. The highest BCUT2D eigenvalue weighted by Crippen LogP contribution is 2.43. The summed E-state index contributed by atoms with van der Waals surface area (Å²) in [6.07, 6.45) is 4.70. The average Bonchev–Trinajstić information content (AvgIpc) is 2.52.